The maximum atomic E-state index is 13.4. The monoisotopic (exact) mass is 431 g/mol. The highest BCUT2D eigenvalue weighted by molar-refractivity contribution is 7.98. The van der Waals surface area contributed by atoms with Crippen molar-refractivity contribution in [1.29, 1.82) is 0 Å². The lowest BCUT2D eigenvalue weighted by atomic mass is 9.86. The lowest BCUT2D eigenvalue weighted by Crippen LogP contribution is -2.31. The maximum Gasteiger partial charge on any atom is 0.257 e. The van der Waals surface area contributed by atoms with E-state index in [-0.39, 0.29) is 29.6 Å². The summed E-state index contributed by atoms with van der Waals surface area (Å²) in [7, 11) is 0. The van der Waals surface area contributed by atoms with Crippen molar-refractivity contribution in [2.45, 2.75) is 23.2 Å². The summed E-state index contributed by atoms with van der Waals surface area (Å²) in [6.07, 6.45) is 0.186. The van der Waals surface area contributed by atoms with Gasteiger partial charge < -0.3 is 10.3 Å². The Labute approximate surface area is 181 Å². The zero-order valence-corrected chi connectivity index (χ0v) is 17.2. The minimum Gasteiger partial charge on any atom is -0.310 e. The van der Waals surface area contributed by atoms with Crippen LogP contribution in [0.25, 0.3) is 10.8 Å². The Morgan fingerprint density at radius 2 is 1.84 bits per heavy atom. The van der Waals surface area contributed by atoms with E-state index < -0.39 is 0 Å². The number of carbonyl (C=O) groups excluding carboxylic acids is 1. The van der Waals surface area contributed by atoms with E-state index in [2.05, 4.69) is 15.3 Å². The molecule has 3 aromatic carbocycles. The first kappa shape index (κ1) is 19.5. The highest BCUT2D eigenvalue weighted by Gasteiger charge is 2.31. The van der Waals surface area contributed by atoms with Crippen LogP contribution in [0.4, 0.5) is 10.2 Å². The van der Waals surface area contributed by atoms with Gasteiger partial charge in [0.15, 0.2) is 5.16 Å². The van der Waals surface area contributed by atoms with E-state index >= 15 is 0 Å². The van der Waals surface area contributed by atoms with E-state index in [0.717, 1.165) is 21.9 Å². The van der Waals surface area contributed by atoms with Crippen molar-refractivity contribution in [1.82, 2.24) is 9.97 Å². The number of rotatable bonds is 4. The molecule has 0 spiro atoms. The Bertz CT molecular complexity index is 1370. The van der Waals surface area contributed by atoms with Crippen LogP contribution in [0, 0.1) is 5.82 Å². The Kier molecular flexibility index (Phi) is 5.03. The number of nitrogens with one attached hydrogen (secondary N) is 2. The van der Waals surface area contributed by atoms with Gasteiger partial charge in [0.1, 0.15) is 11.6 Å². The fourth-order valence-electron chi connectivity index (χ4n) is 3.91. The molecule has 2 N–H and O–H groups in total. The summed E-state index contributed by atoms with van der Waals surface area (Å²) in [5.74, 6) is -0.117. The molecule has 2 heterocycles. The molecule has 5 nitrogen and oxygen atoms in total. The van der Waals surface area contributed by atoms with Gasteiger partial charge in [0, 0.05) is 18.1 Å². The molecule has 1 atom stereocenters. The van der Waals surface area contributed by atoms with Crippen LogP contribution in [0.2, 0.25) is 0 Å². The van der Waals surface area contributed by atoms with E-state index in [1.165, 1.54) is 23.9 Å². The van der Waals surface area contributed by atoms with Crippen LogP contribution in [-0.2, 0) is 10.5 Å². The molecule has 0 aliphatic carbocycles. The van der Waals surface area contributed by atoms with E-state index in [9.17, 15) is 14.0 Å². The molecule has 0 fully saturated rings. The Hall–Kier alpha value is -3.45. The molecule has 0 saturated heterocycles. The van der Waals surface area contributed by atoms with Crippen molar-refractivity contribution >= 4 is 34.3 Å². The second-order valence-corrected chi connectivity index (χ2v) is 8.43. The molecule has 1 aromatic heterocycles. The van der Waals surface area contributed by atoms with Crippen LogP contribution >= 0.6 is 11.8 Å². The Morgan fingerprint density at radius 3 is 2.68 bits per heavy atom. The average Bonchev–Trinajstić information content (AvgIpc) is 2.76. The number of H-pyrrole nitrogens is 1. The number of benzene rings is 3. The summed E-state index contributed by atoms with van der Waals surface area (Å²) < 4.78 is 13.4. The molecular weight excluding hydrogens is 413 g/mol. The zero-order valence-electron chi connectivity index (χ0n) is 16.4. The van der Waals surface area contributed by atoms with Gasteiger partial charge in [-0.25, -0.2) is 9.37 Å². The lowest BCUT2D eigenvalue weighted by molar-refractivity contribution is -0.116. The minimum atomic E-state index is -0.369. The smallest absolute Gasteiger partial charge is 0.257 e. The third kappa shape index (κ3) is 3.96. The van der Waals surface area contributed by atoms with E-state index in [4.69, 9.17) is 0 Å². The number of carbonyl (C=O) groups is 1. The van der Waals surface area contributed by atoms with Gasteiger partial charge in [-0.05, 0) is 34.0 Å². The quantitative estimate of drug-likeness (QED) is 0.359. The largest absolute Gasteiger partial charge is 0.310 e. The van der Waals surface area contributed by atoms with Gasteiger partial charge in [0.05, 0.1) is 5.56 Å². The van der Waals surface area contributed by atoms with Gasteiger partial charge in [-0.1, -0.05) is 66.4 Å². The Balaban J connectivity index is 1.49. The molecule has 1 amide bonds. The number of hydrogen-bond donors (Lipinski definition) is 2. The van der Waals surface area contributed by atoms with Crippen molar-refractivity contribution in [3.63, 3.8) is 0 Å². The second-order valence-electron chi connectivity index (χ2n) is 7.46. The molecular formula is C24H18FN3O2S. The van der Waals surface area contributed by atoms with Gasteiger partial charge >= 0.3 is 0 Å². The average molecular weight is 431 g/mol. The number of aromatic nitrogens is 2. The first-order valence-corrected chi connectivity index (χ1v) is 10.9. The number of hydrogen-bond acceptors (Lipinski definition) is 4. The van der Waals surface area contributed by atoms with E-state index in [1.807, 2.05) is 48.5 Å². The molecule has 1 unspecified atom stereocenters. The van der Waals surface area contributed by atoms with Crippen molar-refractivity contribution in [2.24, 2.45) is 0 Å². The summed E-state index contributed by atoms with van der Waals surface area (Å²) in [5.41, 5.74) is 1.88. The topological polar surface area (TPSA) is 74.8 Å². The van der Waals surface area contributed by atoms with Crippen molar-refractivity contribution in [2.75, 3.05) is 5.32 Å². The van der Waals surface area contributed by atoms with E-state index in [1.54, 1.807) is 6.07 Å². The predicted molar refractivity (Wildman–Crippen MR) is 120 cm³/mol. The first-order chi connectivity index (χ1) is 15.1. The zero-order chi connectivity index (χ0) is 21.4. The number of aromatic amines is 1. The van der Waals surface area contributed by atoms with Crippen LogP contribution < -0.4 is 10.9 Å². The molecule has 154 valence electrons. The number of halogens is 1. The molecule has 5 rings (SSSR count). The molecule has 1 aliphatic heterocycles. The predicted octanol–water partition coefficient (Wildman–Crippen LogP) is 4.83. The molecule has 4 aromatic rings. The van der Waals surface area contributed by atoms with Gasteiger partial charge in [0.25, 0.3) is 5.56 Å². The highest BCUT2D eigenvalue weighted by atomic mass is 32.2. The minimum absolute atomic E-state index is 0.176. The third-order valence-electron chi connectivity index (χ3n) is 5.37. The van der Waals surface area contributed by atoms with Crippen LogP contribution in [0.1, 0.15) is 29.0 Å². The fourth-order valence-corrected chi connectivity index (χ4v) is 4.71. The lowest BCUT2D eigenvalue weighted by Gasteiger charge is -2.24. The summed E-state index contributed by atoms with van der Waals surface area (Å²) in [6.45, 7) is 0. The van der Waals surface area contributed by atoms with Crippen LogP contribution in [0.5, 0.6) is 0 Å². The van der Waals surface area contributed by atoms with Gasteiger partial charge in [-0.15, -0.1) is 0 Å². The summed E-state index contributed by atoms with van der Waals surface area (Å²) in [5, 5.41) is 5.28. The van der Waals surface area contributed by atoms with Gasteiger partial charge in [-0.2, -0.15) is 0 Å². The summed E-state index contributed by atoms with van der Waals surface area (Å²) >= 11 is 1.28. The van der Waals surface area contributed by atoms with Crippen LogP contribution in [-0.4, -0.2) is 15.9 Å². The molecule has 0 saturated carbocycles. The third-order valence-corrected chi connectivity index (χ3v) is 6.31. The maximum absolute atomic E-state index is 13.4. The van der Waals surface area contributed by atoms with Crippen LogP contribution in [0.3, 0.4) is 0 Å². The summed E-state index contributed by atoms with van der Waals surface area (Å²) in [4.78, 5) is 32.7. The second kappa shape index (κ2) is 8.00. The SMILES string of the molecule is O=C1CC(c2ccc3ccccc3c2)c2c(nc(SCc3cccc(F)c3)[nH]c2=O)N1. The molecule has 31 heavy (non-hydrogen) atoms. The highest BCUT2D eigenvalue weighted by Crippen LogP contribution is 2.35. The number of amides is 1. The number of thioether (sulfide) groups is 1. The van der Waals surface area contributed by atoms with Gasteiger partial charge in [0.2, 0.25) is 5.91 Å². The van der Waals surface area contributed by atoms with Crippen molar-refractivity contribution in [3.05, 3.63) is 99.6 Å². The molecule has 0 radical (unpaired) electrons. The number of fused-ring (bicyclic) bond motifs is 2. The standard InChI is InChI=1S/C24H18FN3O2S/c25-18-7-3-4-14(10-18)13-31-24-27-22-21(23(30)28-24)19(12-20(29)26-22)17-9-8-15-5-1-2-6-16(15)11-17/h1-11,19H,12-13H2,(H2,26,27,28,29,30). The number of nitrogens with zero attached hydrogens (tertiary/aromatic N) is 1. The Morgan fingerprint density at radius 1 is 1.00 bits per heavy atom. The number of anilines is 1. The fraction of sp³-hybridized carbons (Fsp3) is 0.125. The van der Waals surface area contributed by atoms with Crippen molar-refractivity contribution in [3.8, 4) is 0 Å². The molecule has 0 bridgehead atoms. The van der Waals surface area contributed by atoms with Gasteiger partial charge in [-0.3, -0.25) is 9.59 Å². The normalized spacial score (nSPS) is 15.5. The molecule has 7 heteroatoms. The molecule has 1 aliphatic rings. The first-order valence-electron chi connectivity index (χ1n) is 9.87. The summed E-state index contributed by atoms with van der Waals surface area (Å²) in [6, 6.07) is 20.2. The van der Waals surface area contributed by atoms with Crippen LogP contribution in [0.15, 0.2) is 76.7 Å². The van der Waals surface area contributed by atoms with Crippen molar-refractivity contribution < 1.29 is 9.18 Å². The van der Waals surface area contributed by atoms with E-state index in [0.29, 0.717) is 22.3 Å².